The zero-order chi connectivity index (χ0) is 19.2. The number of fused-ring (bicyclic) bond motifs is 1. The average molecular weight is 394 g/mol. The van der Waals surface area contributed by atoms with E-state index >= 15 is 0 Å². The van der Waals surface area contributed by atoms with Gasteiger partial charge in [0, 0.05) is 0 Å². The van der Waals surface area contributed by atoms with Crippen LogP contribution in [0.15, 0.2) is 22.0 Å². The van der Waals surface area contributed by atoms with Crippen LogP contribution in [0.4, 0.5) is 0 Å². The zero-order valence-corrected chi connectivity index (χ0v) is 16.2. The van der Waals surface area contributed by atoms with Crippen LogP contribution in [0.2, 0.25) is 10.2 Å². The van der Waals surface area contributed by atoms with Gasteiger partial charge in [-0.05, 0) is 17.9 Å². The van der Waals surface area contributed by atoms with Crippen molar-refractivity contribution >= 4 is 34.2 Å². The molecular formula is C17H17Cl2N5O2. The van der Waals surface area contributed by atoms with Crippen molar-refractivity contribution in [1.82, 2.24) is 24.5 Å². The van der Waals surface area contributed by atoms with Crippen molar-refractivity contribution in [2.75, 3.05) is 0 Å². The maximum Gasteiger partial charge on any atom is 0.334 e. The molecule has 0 bridgehead atoms. The number of pyridine rings is 1. The Morgan fingerprint density at radius 3 is 2.15 bits per heavy atom. The van der Waals surface area contributed by atoms with Gasteiger partial charge in [0.15, 0.2) is 5.65 Å². The average Bonchev–Trinajstić information content (AvgIpc) is 2.56. The van der Waals surface area contributed by atoms with Gasteiger partial charge in [0.25, 0.3) is 5.56 Å². The normalized spacial score (nSPS) is 11.7. The molecule has 0 atom stereocenters. The van der Waals surface area contributed by atoms with Crippen LogP contribution in [0.3, 0.4) is 0 Å². The summed E-state index contributed by atoms with van der Waals surface area (Å²) in [4.78, 5) is 40.2. The summed E-state index contributed by atoms with van der Waals surface area (Å²) in [6, 6.07) is 1.40. The Hall–Kier alpha value is -2.25. The Labute approximate surface area is 159 Å². The fraction of sp³-hybridized carbons (Fsp3) is 0.353. The molecule has 0 radical (unpaired) electrons. The Morgan fingerprint density at radius 2 is 1.62 bits per heavy atom. The first kappa shape index (κ1) is 18.5. The van der Waals surface area contributed by atoms with Gasteiger partial charge in [0.05, 0.1) is 27.5 Å². The van der Waals surface area contributed by atoms with Gasteiger partial charge in [-0.25, -0.2) is 24.3 Å². The second-order valence-electron chi connectivity index (χ2n) is 6.53. The lowest BCUT2D eigenvalue weighted by atomic mass is 10.0. The lowest BCUT2D eigenvalue weighted by Crippen LogP contribution is -2.32. The van der Waals surface area contributed by atoms with Crippen LogP contribution in [-0.4, -0.2) is 24.5 Å². The minimum atomic E-state index is -0.632. The predicted molar refractivity (Wildman–Crippen MR) is 102 cm³/mol. The third-order valence-electron chi connectivity index (χ3n) is 3.99. The van der Waals surface area contributed by atoms with Gasteiger partial charge in [0.2, 0.25) is 0 Å². The lowest BCUT2D eigenvalue weighted by Gasteiger charge is -2.19. The second-order valence-corrected chi connectivity index (χ2v) is 7.29. The van der Waals surface area contributed by atoms with Crippen molar-refractivity contribution in [2.24, 2.45) is 0 Å². The number of nitrogens with one attached hydrogen (secondary N) is 1. The van der Waals surface area contributed by atoms with Gasteiger partial charge in [-0.3, -0.25) is 9.78 Å². The van der Waals surface area contributed by atoms with Gasteiger partial charge >= 0.3 is 5.69 Å². The fourth-order valence-electron chi connectivity index (χ4n) is 2.80. The first-order valence-electron chi connectivity index (χ1n) is 8.08. The smallest absolute Gasteiger partial charge is 0.273 e. The van der Waals surface area contributed by atoms with E-state index in [1.54, 1.807) is 0 Å². The van der Waals surface area contributed by atoms with Crippen molar-refractivity contribution in [3.8, 4) is 5.69 Å². The van der Waals surface area contributed by atoms with Crippen LogP contribution >= 0.6 is 23.2 Å². The van der Waals surface area contributed by atoms with Crippen LogP contribution in [0.1, 0.15) is 50.9 Å². The van der Waals surface area contributed by atoms with E-state index in [0.29, 0.717) is 17.1 Å². The van der Waals surface area contributed by atoms with E-state index in [1.165, 1.54) is 17.0 Å². The van der Waals surface area contributed by atoms with E-state index in [1.807, 2.05) is 27.7 Å². The van der Waals surface area contributed by atoms with E-state index < -0.39 is 11.2 Å². The minimum Gasteiger partial charge on any atom is -0.273 e. The van der Waals surface area contributed by atoms with Gasteiger partial charge in [-0.1, -0.05) is 50.9 Å². The molecule has 3 heterocycles. The SMILES string of the molecule is CC(C)c1ncnc(C(C)C)c1-n1c(=O)[nH]c(=O)c2cc(Cl)c(Cl)nc21. The summed E-state index contributed by atoms with van der Waals surface area (Å²) in [6.07, 6.45) is 1.48. The lowest BCUT2D eigenvalue weighted by molar-refractivity contribution is 0.734. The first-order chi connectivity index (χ1) is 12.2. The van der Waals surface area contributed by atoms with E-state index in [9.17, 15) is 9.59 Å². The van der Waals surface area contributed by atoms with Crippen molar-refractivity contribution in [1.29, 1.82) is 0 Å². The second kappa shape index (κ2) is 6.81. The molecule has 0 unspecified atom stereocenters. The molecule has 3 aromatic rings. The molecule has 3 aromatic heterocycles. The van der Waals surface area contributed by atoms with Crippen molar-refractivity contribution in [2.45, 2.75) is 39.5 Å². The maximum absolute atomic E-state index is 12.7. The molecule has 136 valence electrons. The summed E-state index contributed by atoms with van der Waals surface area (Å²) in [5, 5.41) is 0.298. The molecule has 0 aliphatic rings. The molecule has 0 saturated carbocycles. The highest BCUT2D eigenvalue weighted by Crippen LogP contribution is 2.29. The Balaban J connectivity index is 2.57. The number of rotatable bonds is 3. The maximum atomic E-state index is 12.7. The zero-order valence-electron chi connectivity index (χ0n) is 14.7. The summed E-state index contributed by atoms with van der Waals surface area (Å²) < 4.78 is 1.31. The molecule has 9 heteroatoms. The first-order valence-corrected chi connectivity index (χ1v) is 8.84. The third-order valence-corrected chi connectivity index (χ3v) is 4.66. The fourth-order valence-corrected chi connectivity index (χ4v) is 3.09. The number of aromatic amines is 1. The van der Waals surface area contributed by atoms with Crippen molar-refractivity contribution < 1.29 is 0 Å². The Morgan fingerprint density at radius 1 is 1.04 bits per heavy atom. The molecule has 1 N–H and O–H groups in total. The molecule has 0 saturated heterocycles. The topological polar surface area (TPSA) is 93.5 Å². The molecular weight excluding hydrogens is 377 g/mol. The molecule has 0 aromatic carbocycles. The molecule has 0 amide bonds. The molecule has 0 aliphatic carbocycles. The standard InChI is InChI=1S/C17H17Cl2N5O2/c1-7(2)11-13(12(8(3)4)21-6-20-11)24-15-9(16(25)23-17(24)26)5-10(18)14(19)22-15/h5-8H,1-4H3,(H,23,25,26). The largest absolute Gasteiger partial charge is 0.334 e. The van der Waals surface area contributed by atoms with E-state index in [-0.39, 0.29) is 33.0 Å². The summed E-state index contributed by atoms with van der Waals surface area (Å²) >= 11 is 12.1. The molecule has 26 heavy (non-hydrogen) atoms. The quantitative estimate of drug-likeness (QED) is 0.687. The third kappa shape index (κ3) is 3.01. The Bertz CT molecular complexity index is 1090. The van der Waals surface area contributed by atoms with E-state index in [0.717, 1.165) is 0 Å². The van der Waals surface area contributed by atoms with Crippen LogP contribution in [0, 0.1) is 0 Å². The number of hydrogen-bond donors (Lipinski definition) is 1. The summed E-state index contributed by atoms with van der Waals surface area (Å²) in [7, 11) is 0. The van der Waals surface area contributed by atoms with Gasteiger partial charge in [-0.2, -0.15) is 0 Å². The molecule has 3 rings (SSSR count). The van der Waals surface area contributed by atoms with Gasteiger partial charge < -0.3 is 0 Å². The van der Waals surface area contributed by atoms with E-state index in [4.69, 9.17) is 23.2 Å². The predicted octanol–water partition coefficient (Wildman–Crippen LogP) is 3.42. The minimum absolute atomic E-state index is 0.00644. The van der Waals surface area contributed by atoms with Crippen LogP contribution in [0.25, 0.3) is 16.7 Å². The number of halogens is 2. The van der Waals surface area contributed by atoms with E-state index in [2.05, 4.69) is 19.9 Å². The van der Waals surface area contributed by atoms with Crippen LogP contribution in [0.5, 0.6) is 0 Å². The highest BCUT2D eigenvalue weighted by molar-refractivity contribution is 6.41. The van der Waals surface area contributed by atoms with Crippen molar-refractivity contribution in [3.05, 3.63) is 54.8 Å². The van der Waals surface area contributed by atoms with Crippen LogP contribution in [-0.2, 0) is 0 Å². The molecule has 0 fully saturated rings. The summed E-state index contributed by atoms with van der Waals surface area (Å²) in [6.45, 7) is 7.86. The van der Waals surface area contributed by atoms with Crippen LogP contribution < -0.4 is 11.2 Å². The Kier molecular flexibility index (Phi) is 4.86. The summed E-state index contributed by atoms with van der Waals surface area (Å²) in [5.41, 5.74) is 0.758. The molecule has 0 aliphatic heterocycles. The van der Waals surface area contributed by atoms with Crippen molar-refractivity contribution in [3.63, 3.8) is 0 Å². The number of H-pyrrole nitrogens is 1. The number of hydrogen-bond acceptors (Lipinski definition) is 5. The summed E-state index contributed by atoms with van der Waals surface area (Å²) in [5.74, 6) is 0.0318. The van der Waals surface area contributed by atoms with Gasteiger partial charge in [0.1, 0.15) is 11.5 Å². The number of nitrogens with zero attached hydrogens (tertiary/aromatic N) is 4. The monoisotopic (exact) mass is 393 g/mol. The number of aromatic nitrogens is 5. The molecule has 0 spiro atoms. The highest BCUT2D eigenvalue weighted by atomic mass is 35.5. The highest BCUT2D eigenvalue weighted by Gasteiger charge is 2.23. The molecule has 7 nitrogen and oxygen atoms in total. The van der Waals surface area contributed by atoms with Gasteiger partial charge in [-0.15, -0.1) is 0 Å².